The van der Waals surface area contributed by atoms with Gasteiger partial charge in [-0.3, -0.25) is 19.9 Å². The average Bonchev–Trinajstić information content (AvgIpc) is 3.53. The predicted octanol–water partition coefficient (Wildman–Crippen LogP) is 5.36. The molecule has 0 saturated heterocycles. The van der Waals surface area contributed by atoms with Crippen LogP contribution < -0.4 is 5.32 Å². The highest BCUT2D eigenvalue weighted by Crippen LogP contribution is 2.32. The van der Waals surface area contributed by atoms with Gasteiger partial charge in [0.05, 0.1) is 34.5 Å². The van der Waals surface area contributed by atoms with Crippen LogP contribution >= 0.6 is 0 Å². The summed E-state index contributed by atoms with van der Waals surface area (Å²) in [6.45, 7) is 3.67. The molecule has 1 amide bonds. The van der Waals surface area contributed by atoms with Crippen LogP contribution in [-0.2, 0) is 4.79 Å². The molecule has 0 fully saturated rings. The van der Waals surface area contributed by atoms with Gasteiger partial charge in [0.25, 0.3) is 0 Å². The molecule has 0 radical (unpaired) electrons. The number of benzene rings is 1. The number of hydrogen-bond donors (Lipinski definition) is 3. The first-order valence-corrected chi connectivity index (χ1v) is 11.7. The smallest absolute Gasteiger partial charge is 0.226 e. The summed E-state index contributed by atoms with van der Waals surface area (Å²) in [4.78, 5) is 33.3. The summed E-state index contributed by atoms with van der Waals surface area (Å²) in [7, 11) is 0. The van der Waals surface area contributed by atoms with Crippen molar-refractivity contribution in [3.05, 3.63) is 73.2 Å². The van der Waals surface area contributed by atoms with Gasteiger partial charge in [0.15, 0.2) is 11.5 Å². The highest BCUT2D eigenvalue weighted by Gasteiger charge is 2.17. The van der Waals surface area contributed by atoms with Gasteiger partial charge in [0.2, 0.25) is 5.91 Å². The molecule has 1 aromatic carbocycles. The zero-order chi connectivity index (χ0) is 25.5. The number of aromatic nitrogens is 7. The number of hydrogen-bond acceptors (Lipinski definition) is 6. The van der Waals surface area contributed by atoms with Crippen molar-refractivity contribution in [2.75, 3.05) is 5.32 Å². The molecule has 10 heteroatoms. The first kappa shape index (κ1) is 22.5. The largest absolute Gasteiger partial charge is 0.335 e. The van der Waals surface area contributed by atoms with Crippen molar-refractivity contribution >= 4 is 33.7 Å². The molecule has 3 N–H and O–H groups in total. The summed E-state index contributed by atoms with van der Waals surface area (Å²) >= 11 is 0. The topological polar surface area (TPSA) is 125 Å². The van der Waals surface area contributed by atoms with Crippen LogP contribution in [0.25, 0.3) is 55.8 Å². The van der Waals surface area contributed by atoms with Gasteiger partial charge in [0, 0.05) is 41.2 Å². The fraction of sp³-hybridized carbons (Fsp3) is 0.111. The summed E-state index contributed by atoms with van der Waals surface area (Å²) in [6, 6.07) is 10.0. The lowest BCUT2D eigenvalue weighted by atomic mass is 10.1. The van der Waals surface area contributed by atoms with Gasteiger partial charge in [-0.2, -0.15) is 5.10 Å². The molecule has 9 nitrogen and oxygen atoms in total. The third-order valence-corrected chi connectivity index (χ3v) is 6.06. The zero-order valence-corrected chi connectivity index (χ0v) is 20.0. The fourth-order valence-corrected chi connectivity index (χ4v) is 4.08. The van der Waals surface area contributed by atoms with E-state index in [1.807, 2.05) is 26.0 Å². The molecule has 182 valence electrons. The number of carbonyl (C=O) groups excluding carboxylic acids is 1. The number of anilines is 1. The van der Waals surface area contributed by atoms with E-state index in [0.29, 0.717) is 28.4 Å². The van der Waals surface area contributed by atoms with Crippen LogP contribution in [0, 0.1) is 11.7 Å². The summed E-state index contributed by atoms with van der Waals surface area (Å²) in [5.41, 5.74) is 6.48. The Balaban J connectivity index is 1.41. The Morgan fingerprint density at radius 1 is 0.946 bits per heavy atom. The van der Waals surface area contributed by atoms with E-state index in [9.17, 15) is 9.18 Å². The van der Waals surface area contributed by atoms with Crippen LogP contribution in [0.15, 0.2) is 67.4 Å². The van der Waals surface area contributed by atoms with Crippen molar-refractivity contribution in [3.63, 3.8) is 0 Å². The molecule has 5 aromatic heterocycles. The highest BCUT2D eigenvalue weighted by molar-refractivity contribution is 5.97. The average molecular weight is 493 g/mol. The van der Waals surface area contributed by atoms with E-state index in [2.05, 4.69) is 35.5 Å². The van der Waals surface area contributed by atoms with Crippen LogP contribution in [0.5, 0.6) is 0 Å². The second-order valence-electron chi connectivity index (χ2n) is 8.98. The lowest BCUT2D eigenvalue weighted by Crippen LogP contribution is -2.17. The molecule has 37 heavy (non-hydrogen) atoms. The van der Waals surface area contributed by atoms with E-state index in [4.69, 9.17) is 4.98 Å². The molecule has 6 aromatic rings. The number of rotatable bonds is 5. The van der Waals surface area contributed by atoms with Gasteiger partial charge in [-0.15, -0.1) is 0 Å². The highest BCUT2D eigenvalue weighted by atomic mass is 19.1. The van der Waals surface area contributed by atoms with E-state index in [1.165, 1.54) is 12.1 Å². The predicted molar refractivity (Wildman–Crippen MR) is 139 cm³/mol. The number of imidazole rings is 1. The molecule has 0 spiro atoms. The summed E-state index contributed by atoms with van der Waals surface area (Å²) in [6.07, 6.45) is 8.45. The number of carbonyl (C=O) groups is 1. The molecule has 0 bridgehead atoms. The van der Waals surface area contributed by atoms with Crippen molar-refractivity contribution in [2.24, 2.45) is 5.92 Å². The molecule has 0 aliphatic heterocycles. The first-order chi connectivity index (χ1) is 18.0. The second-order valence-corrected chi connectivity index (χ2v) is 8.98. The summed E-state index contributed by atoms with van der Waals surface area (Å²) in [5.74, 6) is 0.0486. The number of pyridine rings is 3. The monoisotopic (exact) mass is 492 g/mol. The van der Waals surface area contributed by atoms with Crippen molar-refractivity contribution in [1.82, 2.24) is 35.1 Å². The van der Waals surface area contributed by atoms with Crippen molar-refractivity contribution < 1.29 is 9.18 Å². The van der Waals surface area contributed by atoms with Crippen LogP contribution in [-0.4, -0.2) is 41.0 Å². The van der Waals surface area contributed by atoms with Gasteiger partial charge in [0.1, 0.15) is 11.5 Å². The Hall–Kier alpha value is -4.99. The standard InChI is InChI=1S/C27H21FN8O/c1-14(2)27(37)32-19-7-16(9-29-11-19)17-8-20-24(35-36-25(20)31-10-17)26-33-22-13-30-12-21(23(22)34-26)15-3-5-18(28)6-4-15/h3-14H,1-2H3,(H,32,37)(H,33,34)(H,31,35,36). The van der Waals surface area contributed by atoms with E-state index in [1.54, 1.807) is 43.1 Å². The number of aromatic amines is 2. The minimum absolute atomic E-state index is 0.0796. The van der Waals surface area contributed by atoms with E-state index in [0.717, 1.165) is 33.2 Å². The maximum absolute atomic E-state index is 13.4. The van der Waals surface area contributed by atoms with Gasteiger partial charge < -0.3 is 10.3 Å². The molecule has 0 saturated carbocycles. The lowest BCUT2D eigenvalue weighted by Gasteiger charge is -2.09. The minimum atomic E-state index is -0.304. The van der Waals surface area contributed by atoms with E-state index >= 15 is 0 Å². The van der Waals surface area contributed by atoms with E-state index in [-0.39, 0.29) is 17.6 Å². The molecule has 0 atom stereocenters. The Morgan fingerprint density at radius 2 is 1.73 bits per heavy atom. The Bertz CT molecular complexity index is 1770. The molecule has 5 heterocycles. The zero-order valence-electron chi connectivity index (χ0n) is 20.0. The van der Waals surface area contributed by atoms with Crippen molar-refractivity contribution in [1.29, 1.82) is 0 Å². The maximum Gasteiger partial charge on any atom is 0.226 e. The molecular weight excluding hydrogens is 471 g/mol. The normalized spacial score (nSPS) is 11.5. The molecule has 0 aliphatic rings. The first-order valence-electron chi connectivity index (χ1n) is 11.7. The minimum Gasteiger partial charge on any atom is -0.335 e. The third kappa shape index (κ3) is 4.18. The van der Waals surface area contributed by atoms with Crippen LogP contribution in [0.3, 0.4) is 0 Å². The SMILES string of the molecule is CC(C)C(=O)Nc1cncc(-c2cnc3n[nH]c(-c4nc5c(-c6ccc(F)cc6)cncc5[nH]4)c3c2)c1. The number of fused-ring (bicyclic) bond motifs is 2. The fourth-order valence-electron chi connectivity index (χ4n) is 4.08. The molecule has 6 rings (SSSR count). The molecular formula is C27H21FN8O. The number of amides is 1. The number of halogens is 1. The molecule has 0 aliphatic carbocycles. The number of H-pyrrole nitrogens is 2. The molecule has 0 unspecified atom stereocenters. The summed E-state index contributed by atoms with van der Waals surface area (Å²) in [5, 5.41) is 11.0. The van der Waals surface area contributed by atoms with Crippen LogP contribution in [0.1, 0.15) is 13.8 Å². The Morgan fingerprint density at radius 3 is 2.54 bits per heavy atom. The number of nitrogens with zero attached hydrogens (tertiary/aromatic N) is 5. The summed E-state index contributed by atoms with van der Waals surface area (Å²) < 4.78 is 13.4. The van der Waals surface area contributed by atoms with Gasteiger partial charge in [-0.05, 0) is 29.8 Å². The van der Waals surface area contributed by atoms with Gasteiger partial charge in [-0.1, -0.05) is 26.0 Å². The third-order valence-electron chi connectivity index (χ3n) is 6.06. The number of nitrogens with one attached hydrogen (secondary N) is 3. The van der Waals surface area contributed by atoms with Crippen LogP contribution in [0.2, 0.25) is 0 Å². The van der Waals surface area contributed by atoms with Crippen LogP contribution in [0.4, 0.5) is 10.1 Å². The van der Waals surface area contributed by atoms with Gasteiger partial charge in [-0.25, -0.2) is 14.4 Å². The Kier molecular flexibility index (Phi) is 5.41. The maximum atomic E-state index is 13.4. The Labute approximate surface area is 210 Å². The lowest BCUT2D eigenvalue weighted by molar-refractivity contribution is -0.118. The van der Waals surface area contributed by atoms with Gasteiger partial charge >= 0.3 is 0 Å². The quantitative estimate of drug-likeness (QED) is 0.298. The van der Waals surface area contributed by atoms with E-state index < -0.39 is 0 Å². The second kappa shape index (κ2) is 8.90. The van der Waals surface area contributed by atoms with Crippen molar-refractivity contribution in [2.45, 2.75) is 13.8 Å². The van der Waals surface area contributed by atoms with Crippen molar-refractivity contribution in [3.8, 4) is 33.8 Å².